The van der Waals surface area contributed by atoms with Gasteiger partial charge in [0.1, 0.15) is 17.3 Å². The van der Waals surface area contributed by atoms with Gasteiger partial charge in [-0.15, -0.1) is 0 Å². The lowest BCUT2D eigenvalue weighted by Gasteiger charge is -2.36. The predicted octanol–water partition coefficient (Wildman–Crippen LogP) is 3.69. The number of carbonyl (C=O) groups excluding carboxylic acids is 3. The van der Waals surface area contributed by atoms with E-state index in [4.69, 9.17) is 4.74 Å². The first-order valence-corrected chi connectivity index (χ1v) is 12.9. The maximum absolute atomic E-state index is 13.6. The van der Waals surface area contributed by atoms with Gasteiger partial charge in [-0.05, 0) is 57.4 Å². The van der Waals surface area contributed by atoms with Gasteiger partial charge >= 0.3 is 0 Å². The summed E-state index contributed by atoms with van der Waals surface area (Å²) in [6, 6.07) is 14.3. The summed E-state index contributed by atoms with van der Waals surface area (Å²) >= 11 is 0. The third-order valence-electron chi connectivity index (χ3n) is 7.18. The number of rotatable bonds is 10. The Kier molecular flexibility index (Phi) is 8.84. The van der Waals surface area contributed by atoms with E-state index in [1.54, 1.807) is 30.0 Å². The van der Waals surface area contributed by atoms with Crippen LogP contribution >= 0.6 is 0 Å². The van der Waals surface area contributed by atoms with Crippen LogP contribution in [0.3, 0.4) is 0 Å². The van der Waals surface area contributed by atoms with Crippen molar-refractivity contribution in [3.63, 3.8) is 0 Å². The van der Waals surface area contributed by atoms with Gasteiger partial charge in [-0.1, -0.05) is 37.6 Å². The highest BCUT2D eigenvalue weighted by molar-refractivity contribution is 5.98. The maximum Gasteiger partial charge on any atom is 0.251 e. The van der Waals surface area contributed by atoms with Crippen molar-refractivity contribution in [1.82, 2.24) is 15.1 Å². The number of hydrogen-bond donors (Lipinski definition) is 1. The SMILES string of the molecule is CCN(CC[C@@]1(C)C(=O)N(C)CN1c1cccc(OC)c1)C(=O)[C@H](NC(=O)c1cccc(C)c1)C(C)C. The molecule has 8 heteroatoms. The molecule has 3 rings (SSSR count). The Balaban J connectivity index is 1.78. The van der Waals surface area contributed by atoms with Gasteiger partial charge in [-0.2, -0.15) is 0 Å². The molecule has 0 spiro atoms. The highest BCUT2D eigenvalue weighted by atomic mass is 16.5. The number of ether oxygens (including phenoxy) is 1. The smallest absolute Gasteiger partial charge is 0.251 e. The minimum absolute atomic E-state index is 0.00646. The number of amides is 3. The average molecular weight is 509 g/mol. The summed E-state index contributed by atoms with van der Waals surface area (Å²) in [4.78, 5) is 45.4. The largest absolute Gasteiger partial charge is 0.497 e. The zero-order valence-electron chi connectivity index (χ0n) is 23.1. The van der Waals surface area contributed by atoms with Crippen LogP contribution in [0, 0.1) is 12.8 Å². The van der Waals surface area contributed by atoms with Crippen LogP contribution in [0.25, 0.3) is 0 Å². The molecule has 0 saturated carbocycles. The van der Waals surface area contributed by atoms with E-state index in [0.29, 0.717) is 31.7 Å². The molecule has 2 aromatic carbocycles. The average Bonchev–Trinajstić information content (AvgIpc) is 3.11. The quantitative estimate of drug-likeness (QED) is 0.529. The molecule has 1 heterocycles. The summed E-state index contributed by atoms with van der Waals surface area (Å²) in [7, 11) is 3.41. The molecule has 8 nitrogen and oxygen atoms in total. The van der Waals surface area contributed by atoms with Gasteiger partial charge in [0, 0.05) is 37.5 Å². The molecular formula is C29H40N4O4. The van der Waals surface area contributed by atoms with Crippen LogP contribution in [0.5, 0.6) is 5.75 Å². The third kappa shape index (κ3) is 6.06. The molecule has 0 aliphatic carbocycles. The first kappa shape index (κ1) is 28.0. The second-order valence-electron chi connectivity index (χ2n) is 10.3. The van der Waals surface area contributed by atoms with Crippen LogP contribution in [0.4, 0.5) is 5.69 Å². The second kappa shape index (κ2) is 11.7. The van der Waals surface area contributed by atoms with Crippen molar-refractivity contribution in [1.29, 1.82) is 0 Å². The van der Waals surface area contributed by atoms with E-state index >= 15 is 0 Å². The summed E-state index contributed by atoms with van der Waals surface area (Å²) in [5.41, 5.74) is 1.57. The summed E-state index contributed by atoms with van der Waals surface area (Å²) in [5, 5.41) is 2.95. The standard InChI is InChI=1S/C29H40N4O4/c1-8-32(27(35)25(20(2)3)30-26(34)22-12-9-11-21(4)17-22)16-15-29(5)28(36)31(6)19-33(29)23-13-10-14-24(18-23)37-7/h9-14,17-18,20,25H,8,15-16,19H2,1-7H3,(H,30,34)/t25-,29+/m1/s1. The van der Waals surface area contributed by atoms with E-state index in [-0.39, 0.29) is 23.6 Å². The van der Waals surface area contributed by atoms with Gasteiger partial charge < -0.3 is 24.8 Å². The molecule has 1 saturated heterocycles. The van der Waals surface area contributed by atoms with E-state index in [1.165, 1.54) is 0 Å². The van der Waals surface area contributed by atoms with E-state index in [0.717, 1.165) is 17.0 Å². The third-order valence-corrected chi connectivity index (χ3v) is 7.18. The summed E-state index contributed by atoms with van der Waals surface area (Å²) in [5.74, 6) is 0.214. The molecule has 0 bridgehead atoms. The molecule has 0 aromatic heterocycles. The van der Waals surface area contributed by atoms with Crippen molar-refractivity contribution < 1.29 is 19.1 Å². The second-order valence-corrected chi connectivity index (χ2v) is 10.3. The van der Waals surface area contributed by atoms with Gasteiger partial charge in [0.25, 0.3) is 5.91 Å². The van der Waals surface area contributed by atoms with Crippen LogP contribution in [0.1, 0.15) is 50.0 Å². The number of likely N-dealkylation sites (N-methyl/N-ethyl adjacent to an activating group) is 2. The minimum atomic E-state index is -0.826. The lowest BCUT2D eigenvalue weighted by Crippen LogP contribution is -2.54. The van der Waals surface area contributed by atoms with E-state index in [1.807, 2.05) is 77.1 Å². The van der Waals surface area contributed by atoms with Crippen molar-refractivity contribution in [2.75, 3.05) is 38.8 Å². The van der Waals surface area contributed by atoms with Gasteiger partial charge in [0.05, 0.1) is 13.8 Å². The van der Waals surface area contributed by atoms with Crippen LogP contribution in [0.2, 0.25) is 0 Å². The minimum Gasteiger partial charge on any atom is -0.497 e. The molecule has 1 aliphatic rings. The molecule has 200 valence electrons. The van der Waals surface area contributed by atoms with Crippen molar-refractivity contribution in [2.24, 2.45) is 5.92 Å². The van der Waals surface area contributed by atoms with E-state index in [9.17, 15) is 14.4 Å². The number of nitrogens with zero attached hydrogens (tertiary/aromatic N) is 3. The Labute approximate surface area is 220 Å². The van der Waals surface area contributed by atoms with Gasteiger partial charge in [-0.3, -0.25) is 14.4 Å². The molecule has 3 amide bonds. The van der Waals surface area contributed by atoms with E-state index in [2.05, 4.69) is 10.2 Å². The number of aryl methyl sites for hydroxylation is 1. The first-order chi connectivity index (χ1) is 17.5. The number of nitrogens with one attached hydrogen (secondary N) is 1. The number of carbonyl (C=O) groups is 3. The topological polar surface area (TPSA) is 82.2 Å². The highest BCUT2D eigenvalue weighted by Gasteiger charge is 2.48. The fourth-order valence-corrected chi connectivity index (χ4v) is 4.84. The van der Waals surface area contributed by atoms with E-state index < -0.39 is 11.6 Å². The zero-order chi connectivity index (χ0) is 27.3. The lowest BCUT2D eigenvalue weighted by molar-refractivity contribution is -0.136. The van der Waals surface area contributed by atoms with Gasteiger partial charge in [-0.25, -0.2) is 0 Å². The number of methoxy groups -OCH3 is 1. The highest BCUT2D eigenvalue weighted by Crippen LogP contribution is 2.35. The zero-order valence-corrected chi connectivity index (χ0v) is 23.1. The van der Waals surface area contributed by atoms with Gasteiger partial charge in [0.15, 0.2) is 0 Å². The van der Waals surface area contributed by atoms with Crippen molar-refractivity contribution in [2.45, 2.75) is 52.6 Å². The molecule has 2 aromatic rings. The Hall–Kier alpha value is -3.55. The van der Waals surface area contributed by atoms with Crippen molar-refractivity contribution >= 4 is 23.4 Å². The van der Waals surface area contributed by atoms with Crippen LogP contribution < -0.4 is 15.0 Å². The molecule has 0 unspecified atom stereocenters. The molecule has 1 aliphatic heterocycles. The maximum atomic E-state index is 13.6. The fourth-order valence-electron chi connectivity index (χ4n) is 4.84. The van der Waals surface area contributed by atoms with Gasteiger partial charge in [0.2, 0.25) is 11.8 Å². The summed E-state index contributed by atoms with van der Waals surface area (Å²) in [6.07, 6.45) is 0.448. The number of anilines is 1. The van der Waals surface area contributed by atoms with Crippen LogP contribution in [0.15, 0.2) is 48.5 Å². The Morgan fingerprint density at radius 1 is 1.16 bits per heavy atom. The number of hydrogen-bond acceptors (Lipinski definition) is 5. The Morgan fingerprint density at radius 2 is 1.86 bits per heavy atom. The van der Waals surface area contributed by atoms with Crippen LogP contribution in [-0.4, -0.2) is 73.0 Å². The molecule has 1 N–H and O–H groups in total. The molecule has 1 fully saturated rings. The summed E-state index contributed by atoms with van der Waals surface area (Å²) in [6.45, 7) is 10.9. The Morgan fingerprint density at radius 3 is 2.49 bits per heavy atom. The molecular weight excluding hydrogens is 468 g/mol. The van der Waals surface area contributed by atoms with Crippen LogP contribution in [-0.2, 0) is 9.59 Å². The molecule has 2 atom stereocenters. The monoisotopic (exact) mass is 508 g/mol. The Bertz CT molecular complexity index is 1130. The predicted molar refractivity (Wildman–Crippen MR) is 146 cm³/mol. The number of benzene rings is 2. The molecule has 37 heavy (non-hydrogen) atoms. The summed E-state index contributed by atoms with van der Waals surface area (Å²) < 4.78 is 5.39. The lowest BCUT2D eigenvalue weighted by atomic mass is 9.94. The first-order valence-electron chi connectivity index (χ1n) is 12.9. The normalized spacial score (nSPS) is 18.2. The molecule has 0 radical (unpaired) electrons. The van der Waals surface area contributed by atoms with Crippen molar-refractivity contribution in [3.05, 3.63) is 59.7 Å². The van der Waals surface area contributed by atoms with Crippen molar-refractivity contribution in [3.8, 4) is 5.75 Å². The fraction of sp³-hybridized carbons (Fsp3) is 0.483.